The van der Waals surface area contributed by atoms with Gasteiger partial charge in [-0.05, 0) is 24.1 Å². The molecule has 1 aliphatic heterocycles. The van der Waals surface area contributed by atoms with Crippen LogP contribution in [0.15, 0.2) is 24.3 Å². The first-order chi connectivity index (χ1) is 7.16. The summed E-state index contributed by atoms with van der Waals surface area (Å²) in [6, 6.07) is 7.22. The van der Waals surface area contributed by atoms with Crippen LogP contribution < -0.4 is 11.1 Å². The van der Waals surface area contributed by atoms with Crippen molar-refractivity contribution in [3.05, 3.63) is 29.8 Å². The molecule has 0 bridgehead atoms. The summed E-state index contributed by atoms with van der Waals surface area (Å²) in [5.41, 5.74) is 7.15. The molecule has 16 heavy (non-hydrogen) atoms. The third-order valence-electron chi connectivity index (χ3n) is 2.55. The SMILES string of the molecule is Cl.Nc1cccc(C2CCC(=O)NC2=O)c1. The maximum absolute atomic E-state index is 11.5. The van der Waals surface area contributed by atoms with Crippen LogP contribution in [0, 0.1) is 0 Å². The van der Waals surface area contributed by atoms with Gasteiger partial charge in [0.25, 0.3) is 0 Å². The van der Waals surface area contributed by atoms with Crippen molar-refractivity contribution in [1.29, 1.82) is 0 Å². The molecule has 0 aromatic heterocycles. The summed E-state index contributed by atoms with van der Waals surface area (Å²) < 4.78 is 0. The Bertz CT molecular complexity index is 420. The van der Waals surface area contributed by atoms with Crippen LogP contribution in [0.25, 0.3) is 0 Å². The summed E-state index contributed by atoms with van der Waals surface area (Å²) in [7, 11) is 0. The second kappa shape index (κ2) is 4.99. The average molecular weight is 241 g/mol. The molecular formula is C11H13ClN2O2. The minimum atomic E-state index is -0.244. The Morgan fingerprint density at radius 3 is 2.69 bits per heavy atom. The van der Waals surface area contributed by atoms with Crippen LogP contribution in [0.3, 0.4) is 0 Å². The molecule has 1 saturated heterocycles. The zero-order valence-corrected chi connectivity index (χ0v) is 9.42. The Morgan fingerprint density at radius 2 is 2.06 bits per heavy atom. The molecule has 5 heteroatoms. The monoisotopic (exact) mass is 240 g/mol. The van der Waals surface area contributed by atoms with E-state index in [9.17, 15) is 9.59 Å². The van der Waals surface area contributed by atoms with Gasteiger partial charge in [0.15, 0.2) is 0 Å². The summed E-state index contributed by atoms with van der Waals surface area (Å²) in [5, 5.41) is 2.33. The number of nitrogens with two attached hydrogens (primary N) is 1. The standard InChI is InChI=1S/C11H12N2O2.ClH/c12-8-3-1-2-7(6-8)9-4-5-10(14)13-11(9)15;/h1-3,6,9H,4-5,12H2,(H,13,14,15);1H. The Kier molecular flexibility index (Phi) is 3.90. The Morgan fingerprint density at radius 1 is 1.31 bits per heavy atom. The van der Waals surface area contributed by atoms with Crippen molar-refractivity contribution in [1.82, 2.24) is 5.32 Å². The van der Waals surface area contributed by atoms with Crippen molar-refractivity contribution in [3.8, 4) is 0 Å². The number of nitrogen functional groups attached to an aromatic ring is 1. The summed E-state index contributed by atoms with van der Waals surface area (Å²) >= 11 is 0. The molecule has 3 N–H and O–H groups in total. The number of benzene rings is 1. The summed E-state index contributed by atoms with van der Waals surface area (Å²) in [4.78, 5) is 22.5. The summed E-state index contributed by atoms with van der Waals surface area (Å²) in [5.74, 6) is -0.664. The lowest BCUT2D eigenvalue weighted by molar-refractivity contribution is -0.134. The molecule has 0 saturated carbocycles. The highest BCUT2D eigenvalue weighted by Crippen LogP contribution is 2.25. The fourth-order valence-electron chi connectivity index (χ4n) is 1.79. The number of hydrogen-bond acceptors (Lipinski definition) is 3. The van der Waals surface area contributed by atoms with Crippen LogP contribution in [0.1, 0.15) is 24.3 Å². The molecule has 86 valence electrons. The fourth-order valence-corrected chi connectivity index (χ4v) is 1.79. The largest absolute Gasteiger partial charge is 0.399 e. The van der Waals surface area contributed by atoms with E-state index in [1.54, 1.807) is 12.1 Å². The Balaban J connectivity index is 0.00000128. The zero-order chi connectivity index (χ0) is 10.8. The minimum Gasteiger partial charge on any atom is -0.399 e. The maximum atomic E-state index is 11.5. The lowest BCUT2D eigenvalue weighted by atomic mass is 9.90. The summed E-state index contributed by atoms with van der Waals surface area (Å²) in [6.45, 7) is 0. The third-order valence-corrected chi connectivity index (χ3v) is 2.55. The van der Waals surface area contributed by atoms with Crippen LogP contribution in [-0.4, -0.2) is 11.8 Å². The van der Waals surface area contributed by atoms with Gasteiger partial charge >= 0.3 is 0 Å². The van der Waals surface area contributed by atoms with Gasteiger partial charge in [0.05, 0.1) is 5.92 Å². The van der Waals surface area contributed by atoms with Crippen LogP contribution >= 0.6 is 12.4 Å². The van der Waals surface area contributed by atoms with Gasteiger partial charge in [-0.3, -0.25) is 14.9 Å². The molecule has 4 nitrogen and oxygen atoms in total. The quantitative estimate of drug-likeness (QED) is 0.573. The van der Waals surface area contributed by atoms with Gasteiger partial charge in [-0.25, -0.2) is 0 Å². The second-order valence-corrected chi connectivity index (χ2v) is 3.67. The molecule has 1 atom stereocenters. The van der Waals surface area contributed by atoms with Gasteiger partial charge in [-0.1, -0.05) is 12.1 Å². The molecule has 0 spiro atoms. The minimum absolute atomic E-state index is 0. The lowest BCUT2D eigenvalue weighted by Gasteiger charge is -2.21. The Hall–Kier alpha value is -1.55. The highest BCUT2D eigenvalue weighted by atomic mass is 35.5. The average Bonchev–Trinajstić information content (AvgIpc) is 2.17. The van der Waals surface area contributed by atoms with Crippen molar-refractivity contribution in [2.24, 2.45) is 0 Å². The predicted octanol–water partition coefficient (Wildman–Crippen LogP) is 1.21. The van der Waals surface area contributed by atoms with Crippen LogP contribution in [0.4, 0.5) is 5.69 Å². The Labute approximate surface area is 99.6 Å². The van der Waals surface area contributed by atoms with Gasteiger partial charge in [-0.2, -0.15) is 0 Å². The number of imide groups is 1. The first kappa shape index (κ1) is 12.5. The topological polar surface area (TPSA) is 72.2 Å². The molecule has 2 rings (SSSR count). The highest BCUT2D eigenvalue weighted by Gasteiger charge is 2.27. The number of nitrogens with one attached hydrogen (secondary N) is 1. The molecule has 1 aromatic rings. The van der Waals surface area contributed by atoms with Crippen LogP contribution in [0.2, 0.25) is 0 Å². The van der Waals surface area contributed by atoms with Gasteiger partial charge < -0.3 is 5.73 Å². The number of hydrogen-bond donors (Lipinski definition) is 2. The normalized spacial score (nSPS) is 19.9. The number of rotatable bonds is 1. The molecule has 2 amide bonds. The summed E-state index contributed by atoms with van der Waals surface area (Å²) in [6.07, 6.45) is 0.958. The van der Waals surface area contributed by atoms with Crippen LogP contribution in [0.5, 0.6) is 0 Å². The first-order valence-corrected chi connectivity index (χ1v) is 4.86. The smallest absolute Gasteiger partial charge is 0.234 e. The third kappa shape index (κ3) is 2.52. The van der Waals surface area contributed by atoms with E-state index in [1.165, 1.54) is 0 Å². The van der Waals surface area contributed by atoms with Crippen molar-refractivity contribution < 1.29 is 9.59 Å². The van der Waals surface area contributed by atoms with E-state index in [2.05, 4.69) is 5.32 Å². The number of anilines is 1. The molecule has 1 aliphatic rings. The zero-order valence-electron chi connectivity index (χ0n) is 8.60. The van der Waals surface area contributed by atoms with Gasteiger partial charge in [-0.15, -0.1) is 12.4 Å². The molecule has 1 unspecified atom stereocenters. The maximum Gasteiger partial charge on any atom is 0.234 e. The van der Waals surface area contributed by atoms with E-state index >= 15 is 0 Å². The van der Waals surface area contributed by atoms with E-state index < -0.39 is 0 Å². The molecule has 1 aromatic carbocycles. The number of carbonyl (C=O) groups excluding carboxylic acids is 2. The highest BCUT2D eigenvalue weighted by molar-refractivity contribution is 6.00. The first-order valence-electron chi connectivity index (χ1n) is 4.86. The number of halogens is 1. The van der Waals surface area contributed by atoms with E-state index in [1.807, 2.05) is 12.1 Å². The van der Waals surface area contributed by atoms with Crippen molar-refractivity contribution in [2.45, 2.75) is 18.8 Å². The molecule has 1 fully saturated rings. The molecule has 0 radical (unpaired) electrons. The van der Waals surface area contributed by atoms with E-state index in [0.29, 0.717) is 18.5 Å². The number of carbonyl (C=O) groups is 2. The van der Waals surface area contributed by atoms with E-state index in [-0.39, 0.29) is 30.1 Å². The van der Waals surface area contributed by atoms with Gasteiger partial charge in [0.2, 0.25) is 11.8 Å². The molecule has 1 heterocycles. The fraction of sp³-hybridized carbons (Fsp3) is 0.273. The van der Waals surface area contributed by atoms with Crippen molar-refractivity contribution in [3.63, 3.8) is 0 Å². The predicted molar refractivity (Wildman–Crippen MR) is 63.2 cm³/mol. The van der Waals surface area contributed by atoms with E-state index in [0.717, 1.165) is 5.56 Å². The van der Waals surface area contributed by atoms with Crippen molar-refractivity contribution in [2.75, 3.05) is 5.73 Å². The number of piperidine rings is 1. The number of amides is 2. The van der Waals surface area contributed by atoms with Crippen LogP contribution in [-0.2, 0) is 9.59 Å². The van der Waals surface area contributed by atoms with Gasteiger partial charge in [0, 0.05) is 12.1 Å². The molecular weight excluding hydrogens is 228 g/mol. The van der Waals surface area contributed by atoms with Gasteiger partial charge in [0.1, 0.15) is 0 Å². The molecule has 0 aliphatic carbocycles. The lowest BCUT2D eigenvalue weighted by Crippen LogP contribution is -2.39. The van der Waals surface area contributed by atoms with Crippen molar-refractivity contribution >= 4 is 29.9 Å². The van der Waals surface area contributed by atoms with E-state index in [4.69, 9.17) is 5.73 Å². The second-order valence-electron chi connectivity index (χ2n) is 3.67.